The van der Waals surface area contributed by atoms with E-state index in [4.69, 9.17) is 0 Å². The third-order valence-electron chi connectivity index (χ3n) is 3.03. The summed E-state index contributed by atoms with van der Waals surface area (Å²) in [6.07, 6.45) is 0. The van der Waals surface area contributed by atoms with E-state index >= 15 is 0 Å². The number of sulfonamides is 1. The summed E-state index contributed by atoms with van der Waals surface area (Å²) in [4.78, 5) is 9.98. The average Bonchev–Trinajstić information content (AvgIpc) is 2.25. The molecule has 0 saturated carbocycles. The first-order valence-electron chi connectivity index (χ1n) is 5.61. The van der Waals surface area contributed by atoms with Crippen LogP contribution in [0.25, 0.3) is 0 Å². The zero-order valence-electron chi connectivity index (χ0n) is 10.5. The Balaban J connectivity index is 2.41. The summed E-state index contributed by atoms with van der Waals surface area (Å²) in [5.41, 5.74) is -0.851. The van der Waals surface area contributed by atoms with Crippen molar-refractivity contribution < 1.29 is 18.4 Å². The minimum atomic E-state index is -3.79. The van der Waals surface area contributed by atoms with Crippen LogP contribution in [-0.2, 0) is 10.0 Å². The average molecular weight is 286 g/mol. The monoisotopic (exact) mass is 286 g/mol. The van der Waals surface area contributed by atoms with Crippen molar-refractivity contribution in [2.45, 2.75) is 24.3 Å². The summed E-state index contributed by atoms with van der Waals surface area (Å²) in [7, 11) is -3.79. The van der Waals surface area contributed by atoms with Gasteiger partial charge >= 0.3 is 0 Å². The van der Waals surface area contributed by atoms with Gasteiger partial charge in [0, 0.05) is 25.2 Å². The van der Waals surface area contributed by atoms with Crippen LogP contribution in [0.1, 0.15) is 12.5 Å². The van der Waals surface area contributed by atoms with Gasteiger partial charge in [-0.1, -0.05) is 6.07 Å². The fourth-order valence-electron chi connectivity index (χ4n) is 2.00. The predicted octanol–water partition coefficient (Wildman–Crippen LogP) is 0.659. The number of β-amino-alcohol motifs (C(OH)–C–C–N with tert-alkyl or cyclic N) is 1. The Hall–Kier alpha value is -1.51. The van der Waals surface area contributed by atoms with Crippen molar-refractivity contribution in [3.05, 3.63) is 33.9 Å². The molecule has 1 aromatic rings. The van der Waals surface area contributed by atoms with E-state index in [9.17, 15) is 23.6 Å². The van der Waals surface area contributed by atoms with E-state index in [-0.39, 0.29) is 23.7 Å². The third-order valence-corrected chi connectivity index (χ3v) is 4.97. The highest BCUT2D eigenvalue weighted by Gasteiger charge is 2.44. The number of hydrogen-bond acceptors (Lipinski definition) is 5. The van der Waals surface area contributed by atoms with Crippen molar-refractivity contribution in [1.29, 1.82) is 0 Å². The molecule has 1 aliphatic rings. The standard InChI is InChI=1S/C11H14N2O5S/c1-8-3-4-9(13(15)16)5-10(8)19(17,18)12-6-11(2,14)7-12/h3-5,14H,6-7H2,1-2H3. The number of non-ortho nitro benzene ring substituents is 1. The quantitative estimate of drug-likeness (QED) is 0.649. The second-order valence-electron chi connectivity index (χ2n) is 4.98. The lowest BCUT2D eigenvalue weighted by atomic mass is 10.0. The Kier molecular flexibility index (Phi) is 3.12. The van der Waals surface area contributed by atoms with Gasteiger partial charge < -0.3 is 5.11 Å². The number of hydrogen-bond donors (Lipinski definition) is 1. The van der Waals surface area contributed by atoms with Gasteiger partial charge in [0.05, 0.1) is 15.4 Å². The number of nitrogens with zero attached hydrogens (tertiary/aromatic N) is 2. The lowest BCUT2D eigenvalue weighted by Gasteiger charge is -2.42. The van der Waals surface area contributed by atoms with Crippen LogP contribution in [-0.4, -0.2) is 41.4 Å². The zero-order chi connectivity index (χ0) is 14.4. The first-order valence-corrected chi connectivity index (χ1v) is 7.05. The normalized spacial score (nSPS) is 18.9. The summed E-state index contributed by atoms with van der Waals surface area (Å²) in [5, 5.41) is 20.3. The molecule has 2 rings (SSSR count). The fraction of sp³-hybridized carbons (Fsp3) is 0.455. The molecule has 1 aliphatic heterocycles. The van der Waals surface area contributed by atoms with Crippen molar-refractivity contribution in [3.8, 4) is 0 Å². The molecule has 0 unspecified atom stereocenters. The van der Waals surface area contributed by atoms with Gasteiger partial charge in [-0.2, -0.15) is 4.31 Å². The lowest BCUT2D eigenvalue weighted by Crippen LogP contribution is -2.61. The van der Waals surface area contributed by atoms with Crippen molar-refractivity contribution in [2.24, 2.45) is 0 Å². The lowest BCUT2D eigenvalue weighted by molar-refractivity contribution is -0.385. The van der Waals surface area contributed by atoms with Crippen molar-refractivity contribution in [3.63, 3.8) is 0 Å². The van der Waals surface area contributed by atoms with Crippen LogP contribution in [0.15, 0.2) is 23.1 Å². The zero-order valence-corrected chi connectivity index (χ0v) is 11.3. The van der Waals surface area contributed by atoms with Crippen molar-refractivity contribution >= 4 is 15.7 Å². The number of nitro groups is 1. The Morgan fingerprint density at radius 2 is 2.00 bits per heavy atom. The minimum absolute atomic E-state index is 0.00251. The third kappa shape index (κ3) is 2.46. The van der Waals surface area contributed by atoms with Crippen LogP contribution in [0.5, 0.6) is 0 Å². The maximum absolute atomic E-state index is 12.3. The number of aryl methyl sites for hydroxylation is 1. The van der Waals surface area contributed by atoms with E-state index in [1.165, 1.54) is 12.1 Å². The Morgan fingerprint density at radius 1 is 1.42 bits per heavy atom. The molecule has 1 N–H and O–H groups in total. The molecular weight excluding hydrogens is 272 g/mol. The van der Waals surface area contributed by atoms with Gasteiger partial charge in [0.15, 0.2) is 0 Å². The van der Waals surface area contributed by atoms with Gasteiger partial charge in [0.25, 0.3) is 5.69 Å². The molecule has 104 valence electrons. The smallest absolute Gasteiger partial charge is 0.270 e. The van der Waals surface area contributed by atoms with Crippen molar-refractivity contribution in [2.75, 3.05) is 13.1 Å². The molecule has 0 aliphatic carbocycles. The number of benzene rings is 1. The van der Waals surface area contributed by atoms with Gasteiger partial charge in [-0.05, 0) is 19.4 Å². The number of rotatable bonds is 3. The first kappa shape index (κ1) is 13.9. The van der Waals surface area contributed by atoms with E-state index in [1.807, 2.05) is 0 Å². The maximum atomic E-state index is 12.3. The van der Waals surface area contributed by atoms with Gasteiger partial charge in [-0.15, -0.1) is 0 Å². The molecule has 7 nitrogen and oxygen atoms in total. The summed E-state index contributed by atoms with van der Waals surface area (Å²) in [5.74, 6) is 0. The summed E-state index contributed by atoms with van der Waals surface area (Å²) >= 11 is 0. The molecule has 8 heteroatoms. The number of nitro benzene ring substituents is 1. The van der Waals surface area contributed by atoms with E-state index in [2.05, 4.69) is 0 Å². The molecule has 1 saturated heterocycles. The van der Waals surface area contributed by atoms with Gasteiger partial charge in [-0.25, -0.2) is 8.42 Å². The molecule has 0 spiro atoms. The van der Waals surface area contributed by atoms with Crippen LogP contribution in [0, 0.1) is 17.0 Å². The Labute approximate surface area is 110 Å². The molecule has 0 radical (unpaired) electrons. The molecule has 0 bridgehead atoms. The van der Waals surface area contributed by atoms with Crippen LogP contribution >= 0.6 is 0 Å². The fourth-order valence-corrected chi connectivity index (χ4v) is 3.92. The molecule has 1 aromatic carbocycles. The van der Waals surface area contributed by atoms with E-state index in [1.54, 1.807) is 13.8 Å². The van der Waals surface area contributed by atoms with Crippen LogP contribution in [0.4, 0.5) is 5.69 Å². The minimum Gasteiger partial charge on any atom is -0.387 e. The van der Waals surface area contributed by atoms with Gasteiger partial charge in [0.2, 0.25) is 10.0 Å². The summed E-state index contributed by atoms with van der Waals surface area (Å²) < 4.78 is 25.7. The van der Waals surface area contributed by atoms with Gasteiger partial charge in [0.1, 0.15) is 0 Å². The molecule has 0 amide bonds. The molecule has 0 aromatic heterocycles. The summed E-state index contributed by atoms with van der Waals surface area (Å²) in [6, 6.07) is 3.72. The highest BCUT2D eigenvalue weighted by Crippen LogP contribution is 2.30. The first-order chi connectivity index (χ1) is 8.63. The molecular formula is C11H14N2O5S. The van der Waals surface area contributed by atoms with E-state index in [0.717, 1.165) is 10.4 Å². The maximum Gasteiger partial charge on any atom is 0.270 e. The van der Waals surface area contributed by atoms with Crippen LogP contribution < -0.4 is 0 Å². The molecule has 1 heterocycles. The molecule has 19 heavy (non-hydrogen) atoms. The van der Waals surface area contributed by atoms with E-state index < -0.39 is 20.5 Å². The second-order valence-corrected chi connectivity index (χ2v) is 6.88. The number of aliphatic hydroxyl groups is 1. The second kappa shape index (κ2) is 4.26. The Bertz CT molecular complexity index is 630. The van der Waals surface area contributed by atoms with Crippen molar-refractivity contribution in [1.82, 2.24) is 4.31 Å². The van der Waals surface area contributed by atoms with Crippen LogP contribution in [0.2, 0.25) is 0 Å². The Morgan fingerprint density at radius 3 is 2.47 bits per heavy atom. The predicted molar refractivity (Wildman–Crippen MR) is 67.2 cm³/mol. The largest absolute Gasteiger partial charge is 0.387 e. The highest BCUT2D eigenvalue weighted by atomic mass is 32.2. The molecule has 1 fully saturated rings. The van der Waals surface area contributed by atoms with Gasteiger partial charge in [-0.3, -0.25) is 10.1 Å². The summed E-state index contributed by atoms with van der Waals surface area (Å²) in [6.45, 7) is 3.11. The van der Waals surface area contributed by atoms with Crippen LogP contribution in [0.3, 0.4) is 0 Å². The SMILES string of the molecule is Cc1ccc([N+](=O)[O-])cc1S(=O)(=O)N1CC(C)(O)C1. The molecule has 0 atom stereocenters. The highest BCUT2D eigenvalue weighted by molar-refractivity contribution is 7.89. The van der Waals surface area contributed by atoms with E-state index in [0.29, 0.717) is 5.56 Å². The topological polar surface area (TPSA) is 101 Å².